The number of rotatable bonds is 1. The average molecular weight is 112 g/mol. The normalized spacial score (nSPS) is 9.12. The van der Waals surface area contributed by atoms with Crippen molar-refractivity contribution in [2.75, 3.05) is 0 Å². The zero-order valence-corrected chi connectivity index (χ0v) is 4.21. The predicted molar refractivity (Wildman–Crippen MR) is 26.8 cm³/mol. The Morgan fingerprint density at radius 2 is 2.50 bits per heavy atom. The Balaban J connectivity index is 2.83. The summed E-state index contributed by atoms with van der Waals surface area (Å²) >= 11 is 0. The zero-order valence-electron chi connectivity index (χ0n) is 4.21. The minimum absolute atomic E-state index is 0.431. The third-order valence-corrected chi connectivity index (χ3v) is 0.780. The van der Waals surface area contributed by atoms with E-state index in [4.69, 9.17) is 0 Å². The summed E-state index contributed by atoms with van der Waals surface area (Å²) in [4.78, 5) is 7.23. The molecule has 0 fully saturated rings. The van der Waals surface area contributed by atoms with Gasteiger partial charge in [-0.2, -0.15) is 0 Å². The maximum atomic E-state index is 11.6. The van der Waals surface area contributed by atoms with Crippen LogP contribution in [0.5, 0.6) is 0 Å². The van der Waals surface area contributed by atoms with Crippen molar-refractivity contribution in [1.82, 2.24) is 9.97 Å². The molecule has 0 saturated carbocycles. The van der Waals surface area contributed by atoms with E-state index in [2.05, 4.69) is 9.97 Å². The molecule has 2 nitrogen and oxygen atoms in total. The molecular formula is C5H5FN2. The first-order chi connectivity index (χ1) is 3.93. The first-order valence-corrected chi connectivity index (χ1v) is 2.24. The lowest BCUT2D eigenvalue weighted by Crippen LogP contribution is -1.83. The minimum atomic E-state index is -0.511. The van der Waals surface area contributed by atoms with Crippen LogP contribution in [0, 0.1) is 0 Å². The highest BCUT2D eigenvalue weighted by Crippen LogP contribution is 1.90. The van der Waals surface area contributed by atoms with Crippen LogP contribution in [0.2, 0.25) is 0 Å². The molecule has 1 aromatic rings. The Hall–Kier alpha value is -0.990. The second-order valence-corrected chi connectivity index (χ2v) is 1.33. The Morgan fingerprint density at radius 1 is 1.62 bits per heavy atom. The van der Waals surface area contributed by atoms with Gasteiger partial charge < -0.3 is 0 Å². The topological polar surface area (TPSA) is 25.8 Å². The van der Waals surface area contributed by atoms with Gasteiger partial charge in [0.2, 0.25) is 0 Å². The lowest BCUT2D eigenvalue weighted by atomic mass is 10.4. The fourth-order valence-corrected chi connectivity index (χ4v) is 0.397. The monoisotopic (exact) mass is 112 g/mol. The molecule has 8 heavy (non-hydrogen) atoms. The van der Waals surface area contributed by atoms with Crippen LogP contribution < -0.4 is 0 Å². The summed E-state index contributed by atoms with van der Waals surface area (Å²) in [5, 5.41) is 0. The Labute approximate surface area is 46.4 Å². The smallest absolute Gasteiger partial charge is 0.132 e. The van der Waals surface area contributed by atoms with Gasteiger partial charge in [-0.15, -0.1) is 0 Å². The molecule has 0 spiro atoms. The van der Waals surface area contributed by atoms with E-state index in [1.165, 1.54) is 12.5 Å². The lowest BCUT2D eigenvalue weighted by Gasteiger charge is -1.85. The van der Waals surface area contributed by atoms with Crippen molar-refractivity contribution in [2.45, 2.75) is 6.67 Å². The molecule has 0 aliphatic heterocycles. The maximum absolute atomic E-state index is 11.6. The van der Waals surface area contributed by atoms with Crippen LogP contribution in [0.4, 0.5) is 4.39 Å². The van der Waals surface area contributed by atoms with E-state index in [1.54, 1.807) is 6.07 Å². The molecule has 1 rings (SSSR count). The van der Waals surface area contributed by atoms with Crippen molar-refractivity contribution in [3.63, 3.8) is 0 Å². The summed E-state index contributed by atoms with van der Waals surface area (Å²) in [6.45, 7) is -0.511. The van der Waals surface area contributed by atoms with Gasteiger partial charge >= 0.3 is 0 Å². The molecular weight excluding hydrogens is 107 g/mol. The summed E-state index contributed by atoms with van der Waals surface area (Å²) in [6.07, 6.45) is 2.84. The van der Waals surface area contributed by atoms with Crippen LogP contribution in [0.3, 0.4) is 0 Å². The molecule has 1 aromatic heterocycles. The molecule has 0 aliphatic carbocycles. The number of hydrogen-bond donors (Lipinski definition) is 0. The van der Waals surface area contributed by atoms with Gasteiger partial charge in [-0.25, -0.2) is 14.4 Å². The Bertz CT molecular complexity index is 152. The van der Waals surface area contributed by atoms with Gasteiger partial charge in [0.1, 0.15) is 13.0 Å². The molecule has 0 aliphatic rings. The molecule has 0 radical (unpaired) electrons. The fourth-order valence-electron chi connectivity index (χ4n) is 0.397. The fraction of sp³-hybridized carbons (Fsp3) is 0.200. The van der Waals surface area contributed by atoms with Crippen molar-refractivity contribution in [3.05, 3.63) is 24.3 Å². The summed E-state index contributed by atoms with van der Waals surface area (Å²) in [6, 6.07) is 1.54. The maximum Gasteiger partial charge on any atom is 0.132 e. The molecule has 0 amide bonds. The van der Waals surface area contributed by atoms with Crippen molar-refractivity contribution < 1.29 is 4.39 Å². The van der Waals surface area contributed by atoms with Gasteiger partial charge in [0.15, 0.2) is 0 Å². The summed E-state index contributed by atoms with van der Waals surface area (Å²) < 4.78 is 11.6. The first-order valence-electron chi connectivity index (χ1n) is 2.24. The number of nitrogens with zero attached hydrogens (tertiary/aromatic N) is 2. The van der Waals surface area contributed by atoms with Crippen LogP contribution in [-0.2, 0) is 6.67 Å². The highest BCUT2D eigenvalue weighted by Gasteiger charge is 1.85. The van der Waals surface area contributed by atoms with E-state index in [1.807, 2.05) is 0 Å². The van der Waals surface area contributed by atoms with Gasteiger partial charge in [0.25, 0.3) is 0 Å². The van der Waals surface area contributed by atoms with E-state index >= 15 is 0 Å². The third-order valence-electron chi connectivity index (χ3n) is 0.780. The predicted octanol–water partition coefficient (Wildman–Crippen LogP) is 0.946. The van der Waals surface area contributed by atoms with E-state index in [0.29, 0.717) is 5.69 Å². The largest absolute Gasteiger partial charge is 0.245 e. The van der Waals surface area contributed by atoms with Crippen molar-refractivity contribution >= 4 is 0 Å². The van der Waals surface area contributed by atoms with Gasteiger partial charge in [0.05, 0.1) is 5.69 Å². The Kier molecular flexibility index (Phi) is 1.51. The first kappa shape index (κ1) is 5.15. The van der Waals surface area contributed by atoms with E-state index < -0.39 is 6.67 Å². The van der Waals surface area contributed by atoms with E-state index in [-0.39, 0.29) is 0 Å². The molecule has 0 atom stereocenters. The minimum Gasteiger partial charge on any atom is -0.245 e. The van der Waals surface area contributed by atoms with Crippen molar-refractivity contribution in [2.24, 2.45) is 0 Å². The number of halogens is 1. The molecule has 1 heterocycles. The third kappa shape index (κ3) is 0.992. The van der Waals surface area contributed by atoms with E-state index in [0.717, 1.165) is 0 Å². The summed E-state index contributed by atoms with van der Waals surface area (Å²) in [7, 11) is 0. The summed E-state index contributed by atoms with van der Waals surface area (Å²) in [5.41, 5.74) is 0.431. The molecule has 0 N–H and O–H groups in total. The lowest BCUT2D eigenvalue weighted by molar-refractivity contribution is 0.475. The van der Waals surface area contributed by atoms with Gasteiger partial charge in [-0.3, -0.25) is 0 Å². The van der Waals surface area contributed by atoms with Crippen molar-refractivity contribution in [1.29, 1.82) is 0 Å². The standard InChI is InChI=1S/C5H5FN2/c6-3-5-1-2-7-4-8-5/h1-2,4H,3H2. The van der Waals surface area contributed by atoms with Crippen LogP contribution in [0.25, 0.3) is 0 Å². The molecule has 0 unspecified atom stereocenters. The van der Waals surface area contributed by atoms with Gasteiger partial charge in [-0.1, -0.05) is 0 Å². The molecule has 0 aromatic carbocycles. The molecule has 42 valence electrons. The molecule has 0 bridgehead atoms. The SMILES string of the molecule is FCc1ccncn1. The Morgan fingerprint density at radius 3 is 2.88 bits per heavy atom. The number of aromatic nitrogens is 2. The second-order valence-electron chi connectivity index (χ2n) is 1.33. The molecule has 0 saturated heterocycles. The van der Waals surface area contributed by atoms with Gasteiger partial charge in [0, 0.05) is 6.20 Å². The quantitative estimate of drug-likeness (QED) is 0.540. The van der Waals surface area contributed by atoms with Crippen LogP contribution >= 0.6 is 0 Å². The highest BCUT2D eigenvalue weighted by molar-refractivity contribution is 4.94. The van der Waals surface area contributed by atoms with Crippen molar-refractivity contribution in [3.8, 4) is 0 Å². The number of hydrogen-bond acceptors (Lipinski definition) is 2. The van der Waals surface area contributed by atoms with Gasteiger partial charge in [-0.05, 0) is 6.07 Å². The van der Waals surface area contributed by atoms with Crippen LogP contribution in [-0.4, -0.2) is 9.97 Å². The zero-order chi connectivity index (χ0) is 5.82. The average Bonchev–Trinajstić information content (AvgIpc) is 1.90. The highest BCUT2D eigenvalue weighted by atomic mass is 19.1. The molecule has 3 heteroatoms. The number of alkyl halides is 1. The van der Waals surface area contributed by atoms with Crippen LogP contribution in [0.15, 0.2) is 18.6 Å². The second kappa shape index (κ2) is 2.35. The summed E-state index contributed by atoms with van der Waals surface area (Å²) in [5.74, 6) is 0. The van der Waals surface area contributed by atoms with Crippen LogP contribution in [0.1, 0.15) is 5.69 Å². The van der Waals surface area contributed by atoms with E-state index in [9.17, 15) is 4.39 Å².